The molecule has 1 aliphatic rings. The fourth-order valence-corrected chi connectivity index (χ4v) is 2.74. The van der Waals surface area contributed by atoms with Gasteiger partial charge in [0, 0.05) is 18.3 Å². The van der Waals surface area contributed by atoms with Crippen molar-refractivity contribution in [3.8, 4) is 0 Å². The Morgan fingerprint density at radius 3 is 2.81 bits per heavy atom. The molecule has 1 aromatic carbocycles. The Labute approximate surface area is 125 Å². The van der Waals surface area contributed by atoms with Crippen LogP contribution in [0.5, 0.6) is 0 Å². The average Bonchev–Trinajstić information content (AvgIpc) is 2.50. The molecule has 1 fully saturated rings. The van der Waals surface area contributed by atoms with Crippen LogP contribution in [0.15, 0.2) is 24.3 Å². The molecule has 116 valence electrons. The first-order valence-corrected chi connectivity index (χ1v) is 7.69. The van der Waals surface area contributed by atoms with E-state index < -0.39 is 0 Å². The third-order valence-corrected chi connectivity index (χ3v) is 3.77. The molecular formula is C16H24FN3O. The van der Waals surface area contributed by atoms with Crippen LogP contribution >= 0.6 is 0 Å². The lowest BCUT2D eigenvalue weighted by atomic mass is 10.1. The number of hydrogen-bond donors (Lipinski definition) is 2. The first-order chi connectivity index (χ1) is 10.2. The fraction of sp³-hybridized carbons (Fsp3) is 0.562. The van der Waals surface area contributed by atoms with Crippen molar-refractivity contribution in [3.63, 3.8) is 0 Å². The molecule has 21 heavy (non-hydrogen) atoms. The van der Waals surface area contributed by atoms with E-state index in [-0.39, 0.29) is 11.7 Å². The third kappa shape index (κ3) is 5.10. The molecular weight excluding hydrogens is 269 g/mol. The number of amides is 1. The topological polar surface area (TPSA) is 44.4 Å². The molecule has 1 unspecified atom stereocenters. The largest absolute Gasteiger partial charge is 0.325 e. The summed E-state index contributed by atoms with van der Waals surface area (Å²) >= 11 is 0. The number of nitrogens with zero attached hydrogens (tertiary/aromatic N) is 1. The van der Waals surface area contributed by atoms with Crippen LogP contribution in [0.3, 0.4) is 0 Å². The number of carbonyl (C=O) groups is 1. The van der Waals surface area contributed by atoms with Crippen LogP contribution in [0, 0.1) is 5.82 Å². The van der Waals surface area contributed by atoms with E-state index in [0.717, 1.165) is 38.9 Å². The minimum atomic E-state index is -0.297. The number of carbonyl (C=O) groups excluding carboxylic acids is 1. The zero-order chi connectivity index (χ0) is 15.1. The van der Waals surface area contributed by atoms with Crippen LogP contribution in [0.2, 0.25) is 0 Å². The van der Waals surface area contributed by atoms with Crippen LogP contribution in [-0.4, -0.2) is 43.0 Å². The lowest BCUT2D eigenvalue weighted by molar-refractivity contribution is -0.118. The number of benzene rings is 1. The summed E-state index contributed by atoms with van der Waals surface area (Å²) in [6.07, 6.45) is 3.32. The summed E-state index contributed by atoms with van der Waals surface area (Å²) in [7, 11) is 0. The van der Waals surface area contributed by atoms with Crippen molar-refractivity contribution in [2.45, 2.75) is 32.2 Å². The standard InChI is InChI=1S/C16H24FN3O/c1-2-10-20(15-4-3-9-18-11-15)12-16(21)19-14-7-5-13(17)6-8-14/h5-8,15,18H,2-4,9-12H2,1H3,(H,19,21). The van der Waals surface area contributed by atoms with Gasteiger partial charge in [0.25, 0.3) is 0 Å². The van der Waals surface area contributed by atoms with Crippen LogP contribution in [0.4, 0.5) is 10.1 Å². The van der Waals surface area contributed by atoms with E-state index >= 15 is 0 Å². The second kappa shape index (κ2) is 8.10. The van der Waals surface area contributed by atoms with Gasteiger partial charge < -0.3 is 10.6 Å². The van der Waals surface area contributed by atoms with Gasteiger partial charge in [-0.3, -0.25) is 9.69 Å². The van der Waals surface area contributed by atoms with Crippen LogP contribution in [0.1, 0.15) is 26.2 Å². The van der Waals surface area contributed by atoms with Gasteiger partial charge in [0.1, 0.15) is 5.82 Å². The summed E-state index contributed by atoms with van der Waals surface area (Å²) in [6.45, 7) is 5.45. The van der Waals surface area contributed by atoms with Gasteiger partial charge >= 0.3 is 0 Å². The Morgan fingerprint density at radius 1 is 1.43 bits per heavy atom. The van der Waals surface area contributed by atoms with Crippen molar-refractivity contribution < 1.29 is 9.18 Å². The predicted molar refractivity (Wildman–Crippen MR) is 82.8 cm³/mol. The Bertz CT molecular complexity index is 443. The molecule has 1 aliphatic heterocycles. The fourth-order valence-electron chi connectivity index (χ4n) is 2.74. The Balaban J connectivity index is 1.89. The maximum atomic E-state index is 12.8. The highest BCUT2D eigenvalue weighted by atomic mass is 19.1. The number of piperidine rings is 1. The quantitative estimate of drug-likeness (QED) is 0.845. The predicted octanol–water partition coefficient (Wildman–Crippen LogP) is 2.23. The number of hydrogen-bond acceptors (Lipinski definition) is 3. The van der Waals surface area contributed by atoms with Gasteiger partial charge in [-0.05, 0) is 56.6 Å². The Hall–Kier alpha value is -1.46. The number of nitrogens with one attached hydrogen (secondary N) is 2. The van der Waals surface area contributed by atoms with Gasteiger partial charge in [0.2, 0.25) is 5.91 Å². The van der Waals surface area contributed by atoms with Crippen molar-refractivity contribution >= 4 is 11.6 Å². The maximum absolute atomic E-state index is 12.8. The smallest absolute Gasteiger partial charge is 0.238 e. The molecule has 5 heteroatoms. The Morgan fingerprint density at radius 2 is 2.19 bits per heavy atom. The molecule has 0 bridgehead atoms. The lowest BCUT2D eigenvalue weighted by Gasteiger charge is -2.34. The summed E-state index contributed by atoms with van der Waals surface area (Å²) in [5, 5.41) is 6.22. The second-order valence-electron chi connectivity index (χ2n) is 5.53. The highest BCUT2D eigenvalue weighted by Crippen LogP contribution is 2.12. The van der Waals surface area contributed by atoms with E-state index in [1.165, 1.54) is 12.1 Å². The summed E-state index contributed by atoms with van der Waals surface area (Å²) in [4.78, 5) is 14.4. The number of anilines is 1. The molecule has 1 heterocycles. The summed E-state index contributed by atoms with van der Waals surface area (Å²) in [5.41, 5.74) is 0.639. The number of rotatable bonds is 6. The van der Waals surface area contributed by atoms with Gasteiger partial charge in [-0.25, -0.2) is 4.39 Å². The van der Waals surface area contributed by atoms with Crippen LogP contribution < -0.4 is 10.6 Å². The zero-order valence-corrected chi connectivity index (χ0v) is 12.6. The maximum Gasteiger partial charge on any atom is 0.238 e. The molecule has 1 atom stereocenters. The van der Waals surface area contributed by atoms with E-state index in [1.807, 2.05) is 0 Å². The minimum Gasteiger partial charge on any atom is -0.325 e. The average molecular weight is 293 g/mol. The van der Waals surface area contributed by atoms with Gasteiger partial charge in [-0.15, -0.1) is 0 Å². The van der Waals surface area contributed by atoms with Crippen molar-refractivity contribution in [1.29, 1.82) is 0 Å². The van der Waals surface area contributed by atoms with Gasteiger partial charge in [-0.1, -0.05) is 6.92 Å². The first-order valence-electron chi connectivity index (χ1n) is 7.69. The molecule has 1 amide bonds. The van der Waals surface area contributed by atoms with Gasteiger partial charge in [0.05, 0.1) is 6.54 Å². The molecule has 1 aromatic rings. The molecule has 0 spiro atoms. The van der Waals surface area contributed by atoms with Crippen molar-refractivity contribution in [2.24, 2.45) is 0 Å². The number of halogens is 1. The van der Waals surface area contributed by atoms with Gasteiger partial charge in [0.15, 0.2) is 0 Å². The van der Waals surface area contributed by atoms with Gasteiger partial charge in [-0.2, -0.15) is 0 Å². The second-order valence-corrected chi connectivity index (χ2v) is 5.53. The molecule has 2 N–H and O–H groups in total. The summed E-state index contributed by atoms with van der Waals surface area (Å²) in [6, 6.07) is 6.30. The molecule has 4 nitrogen and oxygen atoms in total. The molecule has 0 saturated carbocycles. The van der Waals surface area contributed by atoms with E-state index in [0.29, 0.717) is 18.3 Å². The monoisotopic (exact) mass is 293 g/mol. The molecule has 0 aromatic heterocycles. The van der Waals surface area contributed by atoms with E-state index in [4.69, 9.17) is 0 Å². The van der Waals surface area contributed by atoms with Crippen molar-refractivity contribution in [3.05, 3.63) is 30.1 Å². The normalized spacial score (nSPS) is 18.7. The van der Waals surface area contributed by atoms with E-state index in [2.05, 4.69) is 22.5 Å². The van der Waals surface area contributed by atoms with Crippen LogP contribution in [-0.2, 0) is 4.79 Å². The van der Waals surface area contributed by atoms with E-state index in [1.54, 1.807) is 12.1 Å². The minimum absolute atomic E-state index is 0.0411. The highest BCUT2D eigenvalue weighted by molar-refractivity contribution is 5.92. The zero-order valence-electron chi connectivity index (χ0n) is 12.6. The highest BCUT2D eigenvalue weighted by Gasteiger charge is 2.22. The molecule has 2 rings (SSSR count). The summed E-state index contributed by atoms with van der Waals surface area (Å²) < 4.78 is 12.8. The third-order valence-electron chi connectivity index (χ3n) is 3.77. The van der Waals surface area contributed by atoms with Crippen molar-refractivity contribution in [1.82, 2.24) is 10.2 Å². The van der Waals surface area contributed by atoms with Crippen LogP contribution in [0.25, 0.3) is 0 Å². The molecule has 0 radical (unpaired) electrons. The van der Waals surface area contributed by atoms with Crippen molar-refractivity contribution in [2.75, 3.05) is 31.5 Å². The molecule has 1 saturated heterocycles. The van der Waals surface area contributed by atoms with E-state index in [9.17, 15) is 9.18 Å². The SMILES string of the molecule is CCCN(CC(=O)Nc1ccc(F)cc1)C1CCCNC1. The first kappa shape index (κ1) is 15.9. The lowest BCUT2D eigenvalue weighted by Crippen LogP contribution is -2.48. The summed E-state index contributed by atoms with van der Waals surface area (Å²) in [5.74, 6) is -0.338. The molecule has 0 aliphatic carbocycles. The Kier molecular flexibility index (Phi) is 6.14.